The maximum atomic E-state index is 5.23. The minimum Gasteiger partial charge on any atom is -0.383 e. The second-order valence-electron chi connectivity index (χ2n) is 7.58. The van der Waals surface area contributed by atoms with Crippen molar-refractivity contribution < 1.29 is 4.74 Å². The van der Waals surface area contributed by atoms with E-state index in [-0.39, 0.29) is 24.0 Å². The van der Waals surface area contributed by atoms with Crippen LogP contribution < -0.4 is 10.6 Å². The summed E-state index contributed by atoms with van der Waals surface area (Å²) in [6.07, 6.45) is 9.29. The van der Waals surface area contributed by atoms with E-state index < -0.39 is 0 Å². The van der Waals surface area contributed by atoms with E-state index in [1.807, 2.05) is 0 Å². The van der Waals surface area contributed by atoms with Gasteiger partial charge in [-0.1, -0.05) is 12.8 Å². The third kappa shape index (κ3) is 10.3. The van der Waals surface area contributed by atoms with Gasteiger partial charge in [0.05, 0.1) is 13.2 Å². The Balaban J connectivity index is 0.00000364. The molecule has 0 bridgehead atoms. The Labute approximate surface area is 183 Å². The summed E-state index contributed by atoms with van der Waals surface area (Å²) >= 11 is 0. The van der Waals surface area contributed by atoms with Gasteiger partial charge in [0, 0.05) is 32.8 Å². The van der Waals surface area contributed by atoms with Crippen molar-refractivity contribution in [2.45, 2.75) is 57.9 Å². The largest absolute Gasteiger partial charge is 0.383 e. The number of likely N-dealkylation sites (tertiary alicyclic amines) is 2. The van der Waals surface area contributed by atoms with E-state index >= 15 is 0 Å². The van der Waals surface area contributed by atoms with Crippen LogP contribution in [0.2, 0.25) is 0 Å². The molecule has 0 aromatic rings. The second kappa shape index (κ2) is 15.8. The van der Waals surface area contributed by atoms with Crippen LogP contribution in [0.25, 0.3) is 0 Å². The highest BCUT2D eigenvalue weighted by atomic mass is 127. The molecular weight excluding hydrogens is 453 g/mol. The van der Waals surface area contributed by atoms with E-state index in [1.165, 1.54) is 71.1 Å². The fraction of sp³-hybridized carbons (Fsp3) is 0.950. The van der Waals surface area contributed by atoms with Crippen molar-refractivity contribution in [2.24, 2.45) is 4.99 Å². The van der Waals surface area contributed by atoms with Crippen molar-refractivity contribution in [3.8, 4) is 0 Å². The molecule has 0 spiro atoms. The lowest BCUT2D eigenvalue weighted by Gasteiger charge is -2.23. The molecule has 0 aromatic heterocycles. The van der Waals surface area contributed by atoms with Crippen molar-refractivity contribution in [1.82, 2.24) is 20.4 Å². The van der Waals surface area contributed by atoms with Crippen molar-refractivity contribution in [1.29, 1.82) is 0 Å². The lowest BCUT2D eigenvalue weighted by atomic mass is 10.2. The number of nitrogens with zero attached hydrogens (tertiary/aromatic N) is 3. The number of aliphatic imine (C=N–C) groups is 1. The van der Waals surface area contributed by atoms with Crippen LogP contribution in [0, 0.1) is 0 Å². The fourth-order valence-electron chi connectivity index (χ4n) is 4.01. The standard InChI is InChI=1S/C20H41N5O.HI/c1-3-21-20(22-11-9-14-24-12-6-4-5-7-13-24)23-18-19-10-8-15-25(19)16-17-26-2;/h19H,3-18H2,1-2H3,(H2,21,22,23);1H. The molecule has 2 fully saturated rings. The third-order valence-corrected chi connectivity index (χ3v) is 5.53. The van der Waals surface area contributed by atoms with E-state index in [0.29, 0.717) is 6.04 Å². The topological polar surface area (TPSA) is 52.1 Å². The molecule has 0 aliphatic carbocycles. The van der Waals surface area contributed by atoms with Crippen molar-refractivity contribution in [3.05, 3.63) is 0 Å². The van der Waals surface area contributed by atoms with Gasteiger partial charge in [-0.3, -0.25) is 9.89 Å². The first-order chi connectivity index (χ1) is 12.8. The number of nitrogens with one attached hydrogen (secondary N) is 2. The van der Waals surface area contributed by atoms with Crippen LogP contribution >= 0.6 is 24.0 Å². The first kappa shape index (κ1) is 24.9. The summed E-state index contributed by atoms with van der Waals surface area (Å²) in [7, 11) is 1.78. The van der Waals surface area contributed by atoms with Crippen LogP contribution in [0.5, 0.6) is 0 Å². The molecular formula is C20H42IN5O. The van der Waals surface area contributed by atoms with Gasteiger partial charge in [0.2, 0.25) is 0 Å². The summed E-state index contributed by atoms with van der Waals surface area (Å²) in [6, 6.07) is 0.567. The van der Waals surface area contributed by atoms with Crippen molar-refractivity contribution >= 4 is 29.9 Å². The van der Waals surface area contributed by atoms with Gasteiger partial charge in [-0.15, -0.1) is 24.0 Å². The Hall–Kier alpha value is -0.120. The van der Waals surface area contributed by atoms with Gasteiger partial charge in [-0.2, -0.15) is 0 Å². The van der Waals surface area contributed by atoms with Gasteiger partial charge in [0.15, 0.2) is 5.96 Å². The SMILES string of the molecule is CCNC(=NCC1CCCN1CCOC)NCCCN1CCCCCC1.I. The highest BCUT2D eigenvalue weighted by Crippen LogP contribution is 2.16. The number of hydrogen-bond acceptors (Lipinski definition) is 4. The van der Waals surface area contributed by atoms with Crippen molar-refractivity contribution in [3.63, 3.8) is 0 Å². The molecule has 2 aliphatic heterocycles. The van der Waals surface area contributed by atoms with Gasteiger partial charge < -0.3 is 20.3 Å². The number of guanidine groups is 1. The number of ether oxygens (including phenoxy) is 1. The second-order valence-corrected chi connectivity index (χ2v) is 7.58. The number of methoxy groups -OCH3 is 1. The van der Waals surface area contributed by atoms with E-state index in [0.717, 1.165) is 38.7 Å². The molecule has 2 saturated heterocycles. The van der Waals surface area contributed by atoms with Gasteiger partial charge in [0.1, 0.15) is 0 Å². The Morgan fingerprint density at radius 2 is 1.81 bits per heavy atom. The highest BCUT2D eigenvalue weighted by molar-refractivity contribution is 14.0. The van der Waals surface area contributed by atoms with E-state index in [1.54, 1.807) is 7.11 Å². The predicted octanol–water partition coefficient (Wildman–Crippen LogP) is 2.54. The number of halogens is 1. The molecule has 27 heavy (non-hydrogen) atoms. The zero-order chi connectivity index (χ0) is 18.5. The molecule has 0 aromatic carbocycles. The molecule has 2 aliphatic rings. The van der Waals surface area contributed by atoms with E-state index in [2.05, 4.69) is 27.4 Å². The van der Waals surface area contributed by atoms with E-state index in [9.17, 15) is 0 Å². The third-order valence-electron chi connectivity index (χ3n) is 5.53. The van der Waals surface area contributed by atoms with Crippen LogP contribution in [-0.2, 0) is 4.74 Å². The maximum Gasteiger partial charge on any atom is 0.191 e. The lowest BCUT2D eigenvalue weighted by molar-refractivity contribution is 0.142. The average molecular weight is 495 g/mol. The molecule has 1 atom stereocenters. The zero-order valence-corrected chi connectivity index (χ0v) is 19.9. The first-order valence-corrected chi connectivity index (χ1v) is 10.8. The Bertz CT molecular complexity index is 389. The maximum absolute atomic E-state index is 5.23. The summed E-state index contributed by atoms with van der Waals surface area (Å²) in [5, 5.41) is 6.92. The summed E-state index contributed by atoms with van der Waals surface area (Å²) in [6.45, 7) is 11.7. The average Bonchev–Trinajstić information content (AvgIpc) is 2.94. The minimum absolute atomic E-state index is 0. The molecule has 160 valence electrons. The molecule has 2 N–H and O–H groups in total. The molecule has 2 rings (SSSR count). The molecule has 0 saturated carbocycles. The number of rotatable bonds is 10. The molecule has 2 heterocycles. The molecule has 6 nitrogen and oxygen atoms in total. The van der Waals surface area contributed by atoms with Crippen LogP contribution in [0.15, 0.2) is 4.99 Å². The summed E-state index contributed by atoms with van der Waals surface area (Å²) in [5.74, 6) is 0.974. The molecule has 1 unspecified atom stereocenters. The lowest BCUT2D eigenvalue weighted by Crippen LogP contribution is -2.40. The van der Waals surface area contributed by atoms with Gasteiger partial charge >= 0.3 is 0 Å². The molecule has 0 radical (unpaired) electrons. The van der Waals surface area contributed by atoms with Gasteiger partial charge in [-0.25, -0.2) is 0 Å². The minimum atomic E-state index is 0. The van der Waals surface area contributed by atoms with Crippen LogP contribution in [0.1, 0.15) is 51.9 Å². The predicted molar refractivity (Wildman–Crippen MR) is 125 cm³/mol. The molecule has 0 amide bonds. The Morgan fingerprint density at radius 1 is 1.04 bits per heavy atom. The van der Waals surface area contributed by atoms with Gasteiger partial charge in [-0.05, 0) is 65.2 Å². The van der Waals surface area contributed by atoms with Crippen LogP contribution in [0.3, 0.4) is 0 Å². The first-order valence-electron chi connectivity index (χ1n) is 10.8. The van der Waals surface area contributed by atoms with Gasteiger partial charge in [0.25, 0.3) is 0 Å². The Morgan fingerprint density at radius 3 is 2.52 bits per heavy atom. The zero-order valence-electron chi connectivity index (χ0n) is 17.5. The fourth-order valence-corrected chi connectivity index (χ4v) is 4.01. The smallest absolute Gasteiger partial charge is 0.191 e. The van der Waals surface area contributed by atoms with E-state index in [4.69, 9.17) is 9.73 Å². The molecule has 7 heteroatoms. The van der Waals surface area contributed by atoms with Crippen LogP contribution in [0.4, 0.5) is 0 Å². The quantitative estimate of drug-likeness (QED) is 0.211. The van der Waals surface area contributed by atoms with Crippen molar-refractivity contribution in [2.75, 3.05) is 66.1 Å². The number of hydrogen-bond donors (Lipinski definition) is 2. The summed E-state index contributed by atoms with van der Waals surface area (Å²) in [4.78, 5) is 10.0. The monoisotopic (exact) mass is 495 g/mol. The summed E-state index contributed by atoms with van der Waals surface area (Å²) in [5.41, 5.74) is 0. The normalized spacial score (nSPS) is 22.3. The highest BCUT2D eigenvalue weighted by Gasteiger charge is 2.23. The van der Waals surface area contributed by atoms with Crippen LogP contribution in [-0.4, -0.2) is 87.9 Å². The Kier molecular flexibility index (Phi) is 14.5. The summed E-state index contributed by atoms with van der Waals surface area (Å²) < 4.78 is 5.23.